The van der Waals surface area contributed by atoms with Crippen LogP contribution in [0.2, 0.25) is 0 Å². The first kappa shape index (κ1) is 10.8. The molecule has 0 saturated carbocycles. The van der Waals surface area contributed by atoms with Gasteiger partial charge >= 0.3 is 0 Å². The van der Waals surface area contributed by atoms with Crippen molar-refractivity contribution in [2.75, 3.05) is 19.7 Å². The van der Waals surface area contributed by atoms with Crippen LogP contribution in [-0.2, 0) is 6.54 Å². The summed E-state index contributed by atoms with van der Waals surface area (Å²) in [7, 11) is 0. The second-order valence-electron chi connectivity index (χ2n) is 2.97. The van der Waals surface area contributed by atoms with Crippen molar-refractivity contribution < 1.29 is 9.52 Å². The van der Waals surface area contributed by atoms with E-state index < -0.39 is 0 Å². The minimum absolute atomic E-state index is 0.139. The predicted octanol–water partition coefficient (Wildman–Crippen LogP) is 0.965. The van der Waals surface area contributed by atoms with Crippen molar-refractivity contribution in [3.05, 3.63) is 23.7 Å². The maximum absolute atomic E-state index is 8.77. The van der Waals surface area contributed by atoms with Crippen LogP contribution in [0.3, 0.4) is 0 Å². The Morgan fingerprint density at radius 1 is 1.57 bits per heavy atom. The average molecular weight is 194 g/mol. The molecule has 1 N–H and O–H groups in total. The summed E-state index contributed by atoms with van der Waals surface area (Å²) in [6.07, 6.45) is 0. The highest BCUT2D eigenvalue weighted by atomic mass is 16.3. The van der Waals surface area contributed by atoms with Crippen LogP contribution in [0.15, 0.2) is 16.5 Å². The van der Waals surface area contributed by atoms with Gasteiger partial charge in [-0.05, 0) is 18.7 Å². The maximum Gasteiger partial charge on any atom is 0.203 e. The molecule has 0 atom stereocenters. The number of aliphatic hydroxyl groups excluding tert-OH is 1. The molecule has 0 spiro atoms. The van der Waals surface area contributed by atoms with E-state index in [-0.39, 0.29) is 6.61 Å². The summed E-state index contributed by atoms with van der Waals surface area (Å²) < 4.78 is 5.23. The highest BCUT2D eigenvalue weighted by molar-refractivity contribution is 5.18. The summed E-state index contributed by atoms with van der Waals surface area (Å²) in [5.74, 6) is 1.09. The molecule has 0 aliphatic carbocycles. The molecule has 1 heterocycles. The van der Waals surface area contributed by atoms with Crippen molar-refractivity contribution in [3.8, 4) is 6.07 Å². The van der Waals surface area contributed by atoms with Gasteiger partial charge < -0.3 is 9.52 Å². The first-order valence-corrected chi connectivity index (χ1v) is 4.62. The summed E-state index contributed by atoms with van der Waals surface area (Å²) in [6.45, 7) is 4.27. The van der Waals surface area contributed by atoms with Crippen molar-refractivity contribution in [2.45, 2.75) is 13.5 Å². The molecular weight excluding hydrogens is 180 g/mol. The Kier molecular flexibility index (Phi) is 4.17. The molecule has 76 valence electrons. The lowest BCUT2D eigenvalue weighted by atomic mass is 10.4. The van der Waals surface area contributed by atoms with Gasteiger partial charge in [0.15, 0.2) is 0 Å². The zero-order valence-corrected chi connectivity index (χ0v) is 8.23. The largest absolute Gasteiger partial charge is 0.449 e. The molecule has 0 fully saturated rings. The number of rotatable bonds is 5. The summed E-state index contributed by atoms with van der Waals surface area (Å²) in [4.78, 5) is 2.04. The van der Waals surface area contributed by atoms with Crippen LogP contribution < -0.4 is 0 Å². The molecule has 0 bridgehead atoms. The van der Waals surface area contributed by atoms with Gasteiger partial charge in [0.05, 0.1) is 13.2 Å². The van der Waals surface area contributed by atoms with E-state index in [1.807, 2.05) is 17.9 Å². The summed E-state index contributed by atoms with van der Waals surface area (Å²) >= 11 is 0. The summed E-state index contributed by atoms with van der Waals surface area (Å²) in [5.41, 5.74) is 0. The first-order chi connectivity index (χ1) is 6.80. The lowest BCUT2D eigenvalue weighted by Crippen LogP contribution is -2.25. The normalized spacial score (nSPS) is 10.4. The molecule has 1 aromatic heterocycles. The first-order valence-electron chi connectivity index (χ1n) is 4.62. The molecule has 1 rings (SSSR count). The lowest BCUT2D eigenvalue weighted by Gasteiger charge is -2.16. The third-order valence-corrected chi connectivity index (χ3v) is 2.01. The zero-order valence-electron chi connectivity index (χ0n) is 8.23. The number of nitrogens with zero attached hydrogens (tertiary/aromatic N) is 2. The van der Waals surface area contributed by atoms with Gasteiger partial charge in [0.2, 0.25) is 5.76 Å². The Bertz CT molecular complexity index is 314. The van der Waals surface area contributed by atoms with Crippen LogP contribution >= 0.6 is 0 Å². The molecular formula is C10H14N2O2. The van der Waals surface area contributed by atoms with E-state index in [0.29, 0.717) is 18.8 Å². The SMILES string of the molecule is CCN(CCO)Cc1ccc(C#N)o1. The molecule has 0 aromatic carbocycles. The molecule has 0 saturated heterocycles. The van der Waals surface area contributed by atoms with Crippen LogP contribution in [-0.4, -0.2) is 29.7 Å². The molecule has 14 heavy (non-hydrogen) atoms. The average Bonchev–Trinajstić information content (AvgIpc) is 2.65. The molecule has 0 unspecified atom stereocenters. The van der Waals surface area contributed by atoms with Crippen molar-refractivity contribution in [1.29, 1.82) is 5.26 Å². The van der Waals surface area contributed by atoms with E-state index in [2.05, 4.69) is 0 Å². The molecule has 0 radical (unpaired) electrons. The Balaban J connectivity index is 2.54. The van der Waals surface area contributed by atoms with E-state index >= 15 is 0 Å². The van der Waals surface area contributed by atoms with Crippen LogP contribution in [0, 0.1) is 11.3 Å². The van der Waals surface area contributed by atoms with Crippen LogP contribution in [0.1, 0.15) is 18.4 Å². The Morgan fingerprint density at radius 3 is 2.86 bits per heavy atom. The minimum Gasteiger partial charge on any atom is -0.449 e. The van der Waals surface area contributed by atoms with Gasteiger partial charge in [-0.15, -0.1) is 0 Å². The second kappa shape index (κ2) is 5.43. The highest BCUT2D eigenvalue weighted by Gasteiger charge is 2.06. The van der Waals surface area contributed by atoms with Gasteiger partial charge in [-0.25, -0.2) is 0 Å². The molecule has 0 aliphatic heterocycles. The fourth-order valence-corrected chi connectivity index (χ4v) is 1.23. The van der Waals surface area contributed by atoms with E-state index in [4.69, 9.17) is 14.8 Å². The number of furan rings is 1. The van der Waals surface area contributed by atoms with Gasteiger partial charge in [-0.1, -0.05) is 6.92 Å². The fraction of sp³-hybridized carbons (Fsp3) is 0.500. The number of hydrogen-bond donors (Lipinski definition) is 1. The van der Waals surface area contributed by atoms with Gasteiger partial charge in [0, 0.05) is 6.54 Å². The number of likely N-dealkylation sites (N-methyl/N-ethyl adjacent to an activating group) is 1. The van der Waals surface area contributed by atoms with Gasteiger partial charge in [-0.3, -0.25) is 4.90 Å². The minimum atomic E-state index is 0.139. The molecule has 0 aliphatic rings. The summed E-state index contributed by atoms with van der Waals surface area (Å²) in [6, 6.07) is 5.38. The fourth-order valence-electron chi connectivity index (χ4n) is 1.23. The van der Waals surface area contributed by atoms with Crippen LogP contribution in [0.25, 0.3) is 0 Å². The Morgan fingerprint density at radius 2 is 2.36 bits per heavy atom. The zero-order chi connectivity index (χ0) is 10.4. The molecule has 0 amide bonds. The van der Waals surface area contributed by atoms with Crippen molar-refractivity contribution in [1.82, 2.24) is 4.90 Å². The Labute approximate surface area is 83.4 Å². The smallest absolute Gasteiger partial charge is 0.203 e. The topological polar surface area (TPSA) is 60.4 Å². The number of hydrogen-bond acceptors (Lipinski definition) is 4. The second-order valence-corrected chi connectivity index (χ2v) is 2.97. The summed E-state index contributed by atoms with van der Waals surface area (Å²) in [5, 5.41) is 17.3. The van der Waals surface area contributed by atoms with E-state index in [9.17, 15) is 0 Å². The van der Waals surface area contributed by atoms with Gasteiger partial charge in [0.1, 0.15) is 11.8 Å². The Hall–Kier alpha value is -1.31. The van der Waals surface area contributed by atoms with Crippen molar-refractivity contribution >= 4 is 0 Å². The maximum atomic E-state index is 8.77. The number of aliphatic hydroxyl groups is 1. The van der Waals surface area contributed by atoms with Crippen molar-refractivity contribution in [2.24, 2.45) is 0 Å². The standard InChI is InChI=1S/C10H14N2O2/c1-2-12(5-6-13)8-10-4-3-9(7-11)14-10/h3-4,13H,2,5-6,8H2,1H3. The third-order valence-electron chi connectivity index (χ3n) is 2.01. The van der Waals surface area contributed by atoms with Gasteiger partial charge in [0.25, 0.3) is 0 Å². The van der Waals surface area contributed by atoms with E-state index in [0.717, 1.165) is 12.3 Å². The van der Waals surface area contributed by atoms with E-state index in [1.165, 1.54) is 0 Å². The van der Waals surface area contributed by atoms with E-state index in [1.54, 1.807) is 12.1 Å². The highest BCUT2D eigenvalue weighted by Crippen LogP contribution is 2.09. The molecule has 1 aromatic rings. The van der Waals surface area contributed by atoms with Crippen LogP contribution in [0.4, 0.5) is 0 Å². The quantitative estimate of drug-likeness (QED) is 0.758. The molecule has 4 heteroatoms. The lowest BCUT2D eigenvalue weighted by molar-refractivity contribution is 0.187. The molecule has 4 nitrogen and oxygen atoms in total. The van der Waals surface area contributed by atoms with Crippen LogP contribution in [0.5, 0.6) is 0 Å². The third kappa shape index (κ3) is 2.87. The van der Waals surface area contributed by atoms with Gasteiger partial charge in [-0.2, -0.15) is 5.26 Å². The van der Waals surface area contributed by atoms with Crippen molar-refractivity contribution in [3.63, 3.8) is 0 Å². The number of nitriles is 1. The predicted molar refractivity (Wildman–Crippen MR) is 51.5 cm³/mol. The monoisotopic (exact) mass is 194 g/mol.